The number of nitrogens with zero attached hydrogens (tertiary/aromatic N) is 1. The largest absolute Gasteiger partial charge is 0.341 e. The van der Waals surface area contributed by atoms with Crippen LogP contribution in [-0.4, -0.2) is 37.0 Å². The van der Waals surface area contributed by atoms with Crippen molar-refractivity contribution in [2.24, 2.45) is 0 Å². The third-order valence-electron chi connectivity index (χ3n) is 3.43. The van der Waals surface area contributed by atoms with Crippen LogP contribution >= 0.6 is 0 Å². The minimum atomic E-state index is -0.285. The number of halogens is 1. The number of carbonyl (C=O) groups excluding carboxylic acids is 1. The average Bonchev–Trinajstić information content (AvgIpc) is 2.39. The van der Waals surface area contributed by atoms with Gasteiger partial charge in [-0.15, -0.1) is 0 Å². The summed E-state index contributed by atoms with van der Waals surface area (Å²) in [5.74, 6) is -0.201. The monoisotopic (exact) mass is 250 g/mol. The zero-order valence-electron chi connectivity index (χ0n) is 10.7. The standard InChI is InChI=1S/C14H19FN2O/c1-16-13-6-3-7-17(10-13)14(18)9-11-4-2-5-12(15)8-11/h2,4-5,8,13,16H,3,6-7,9-10H2,1H3/t13-/m1/s1. The summed E-state index contributed by atoms with van der Waals surface area (Å²) in [4.78, 5) is 14.0. The second kappa shape index (κ2) is 5.96. The summed E-state index contributed by atoms with van der Waals surface area (Å²) in [5.41, 5.74) is 0.742. The molecule has 0 spiro atoms. The zero-order valence-corrected chi connectivity index (χ0v) is 10.7. The van der Waals surface area contributed by atoms with E-state index in [-0.39, 0.29) is 18.1 Å². The molecule has 1 heterocycles. The Hall–Kier alpha value is -1.42. The second-order valence-corrected chi connectivity index (χ2v) is 4.77. The summed E-state index contributed by atoms with van der Waals surface area (Å²) in [6.45, 7) is 1.57. The number of benzene rings is 1. The Morgan fingerprint density at radius 1 is 1.56 bits per heavy atom. The first kappa shape index (κ1) is 13.0. The van der Waals surface area contributed by atoms with E-state index in [1.807, 2.05) is 11.9 Å². The van der Waals surface area contributed by atoms with Crippen molar-refractivity contribution >= 4 is 5.91 Å². The van der Waals surface area contributed by atoms with E-state index in [4.69, 9.17) is 0 Å². The molecule has 1 amide bonds. The second-order valence-electron chi connectivity index (χ2n) is 4.77. The predicted octanol–water partition coefficient (Wildman–Crippen LogP) is 1.58. The van der Waals surface area contributed by atoms with Gasteiger partial charge in [0.15, 0.2) is 0 Å². The lowest BCUT2D eigenvalue weighted by molar-refractivity contribution is -0.131. The normalized spacial score (nSPS) is 19.9. The third kappa shape index (κ3) is 3.29. The van der Waals surface area contributed by atoms with Crippen molar-refractivity contribution < 1.29 is 9.18 Å². The molecule has 3 nitrogen and oxygen atoms in total. The number of nitrogens with one attached hydrogen (secondary N) is 1. The van der Waals surface area contributed by atoms with Crippen LogP contribution in [0, 0.1) is 5.82 Å². The molecule has 1 N–H and O–H groups in total. The quantitative estimate of drug-likeness (QED) is 0.883. The number of hydrogen-bond acceptors (Lipinski definition) is 2. The number of likely N-dealkylation sites (tertiary alicyclic amines) is 1. The molecule has 1 aliphatic heterocycles. The molecule has 18 heavy (non-hydrogen) atoms. The molecular weight excluding hydrogens is 231 g/mol. The van der Waals surface area contributed by atoms with Crippen LogP contribution in [0.5, 0.6) is 0 Å². The van der Waals surface area contributed by atoms with Crippen molar-refractivity contribution in [1.29, 1.82) is 0 Å². The molecule has 1 aromatic rings. The van der Waals surface area contributed by atoms with Crippen molar-refractivity contribution in [3.63, 3.8) is 0 Å². The Morgan fingerprint density at radius 3 is 3.11 bits per heavy atom. The van der Waals surface area contributed by atoms with E-state index >= 15 is 0 Å². The van der Waals surface area contributed by atoms with Crippen molar-refractivity contribution in [3.8, 4) is 0 Å². The van der Waals surface area contributed by atoms with Crippen LogP contribution in [-0.2, 0) is 11.2 Å². The molecule has 0 unspecified atom stereocenters. The number of piperidine rings is 1. The van der Waals surface area contributed by atoms with Crippen LogP contribution in [0.4, 0.5) is 4.39 Å². The molecule has 0 saturated carbocycles. The summed E-state index contributed by atoms with van der Waals surface area (Å²) in [7, 11) is 1.92. The number of likely N-dealkylation sites (N-methyl/N-ethyl adjacent to an activating group) is 1. The summed E-state index contributed by atoms with van der Waals surface area (Å²) in [6.07, 6.45) is 2.43. The van der Waals surface area contributed by atoms with Crippen molar-refractivity contribution in [2.45, 2.75) is 25.3 Å². The molecule has 0 aromatic heterocycles. The van der Waals surface area contributed by atoms with E-state index in [2.05, 4.69) is 5.32 Å². The van der Waals surface area contributed by atoms with Gasteiger partial charge in [-0.05, 0) is 37.6 Å². The van der Waals surface area contributed by atoms with Gasteiger partial charge >= 0.3 is 0 Å². The highest BCUT2D eigenvalue weighted by Crippen LogP contribution is 2.12. The first-order valence-electron chi connectivity index (χ1n) is 6.38. The fourth-order valence-electron chi connectivity index (χ4n) is 2.37. The minimum absolute atomic E-state index is 0.0838. The fraction of sp³-hybridized carbons (Fsp3) is 0.500. The first-order chi connectivity index (χ1) is 8.69. The predicted molar refractivity (Wildman–Crippen MR) is 68.8 cm³/mol. The lowest BCUT2D eigenvalue weighted by atomic mass is 10.0. The molecule has 2 rings (SSSR count). The highest BCUT2D eigenvalue weighted by Gasteiger charge is 2.22. The van der Waals surface area contributed by atoms with Gasteiger partial charge in [-0.1, -0.05) is 12.1 Å². The molecule has 1 aliphatic rings. The molecule has 1 saturated heterocycles. The third-order valence-corrected chi connectivity index (χ3v) is 3.43. The molecular formula is C14H19FN2O. The lowest BCUT2D eigenvalue weighted by Crippen LogP contribution is -2.47. The highest BCUT2D eigenvalue weighted by molar-refractivity contribution is 5.78. The molecule has 1 atom stereocenters. The Morgan fingerprint density at radius 2 is 2.39 bits per heavy atom. The van der Waals surface area contributed by atoms with E-state index in [1.54, 1.807) is 12.1 Å². The maximum Gasteiger partial charge on any atom is 0.227 e. The van der Waals surface area contributed by atoms with E-state index in [1.165, 1.54) is 12.1 Å². The van der Waals surface area contributed by atoms with Gasteiger partial charge in [0.05, 0.1) is 6.42 Å². The average molecular weight is 250 g/mol. The molecule has 98 valence electrons. The smallest absolute Gasteiger partial charge is 0.227 e. The molecule has 1 fully saturated rings. The van der Waals surface area contributed by atoms with Crippen LogP contribution in [0.1, 0.15) is 18.4 Å². The van der Waals surface area contributed by atoms with Gasteiger partial charge in [0.25, 0.3) is 0 Å². The number of carbonyl (C=O) groups is 1. The van der Waals surface area contributed by atoms with Gasteiger partial charge in [0.2, 0.25) is 5.91 Å². The first-order valence-corrected chi connectivity index (χ1v) is 6.38. The van der Waals surface area contributed by atoms with Crippen LogP contribution < -0.4 is 5.32 Å². The molecule has 4 heteroatoms. The van der Waals surface area contributed by atoms with E-state index in [0.29, 0.717) is 6.04 Å². The number of hydrogen-bond donors (Lipinski definition) is 1. The molecule has 0 radical (unpaired) electrons. The van der Waals surface area contributed by atoms with Crippen LogP contribution in [0.3, 0.4) is 0 Å². The van der Waals surface area contributed by atoms with Crippen molar-refractivity contribution in [1.82, 2.24) is 10.2 Å². The van der Waals surface area contributed by atoms with Crippen LogP contribution in [0.15, 0.2) is 24.3 Å². The summed E-state index contributed by atoms with van der Waals surface area (Å²) >= 11 is 0. The Labute approximate surface area is 107 Å². The van der Waals surface area contributed by atoms with E-state index in [9.17, 15) is 9.18 Å². The maximum atomic E-state index is 13.0. The van der Waals surface area contributed by atoms with Gasteiger partial charge < -0.3 is 10.2 Å². The Bertz CT molecular complexity index is 422. The van der Waals surface area contributed by atoms with Gasteiger partial charge in [0.1, 0.15) is 5.82 Å². The summed E-state index contributed by atoms with van der Waals surface area (Å²) in [5, 5.41) is 3.21. The summed E-state index contributed by atoms with van der Waals surface area (Å²) < 4.78 is 13.0. The lowest BCUT2D eigenvalue weighted by Gasteiger charge is -2.32. The number of rotatable bonds is 3. The van der Waals surface area contributed by atoms with Crippen LogP contribution in [0.2, 0.25) is 0 Å². The van der Waals surface area contributed by atoms with Gasteiger partial charge in [0, 0.05) is 19.1 Å². The van der Waals surface area contributed by atoms with Gasteiger partial charge in [-0.25, -0.2) is 4.39 Å². The van der Waals surface area contributed by atoms with Crippen molar-refractivity contribution in [3.05, 3.63) is 35.6 Å². The van der Waals surface area contributed by atoms with E-state index in [0.717, 1.165) is 31.5 Å². The molecule has 0 aliphatic carbocycles. The van der Waals surface area contributed by atoms with Gasteiger partial charge in [-0.2, -0.15) is 0 Å². The Balaban J connectivity index is 1.95. The summed E-state index contributed by atoms with van der Waals surface area (Å²) in [6, 6.07) is 6.64. The van der Waals surface area contributed by atoms with Crippen LogP contribution in [0.25, 0.3) is 0 Å². The molecule has 1 aromatic carbocycles. The van der Waals surface area contributed by atoms with Crippen molar-refractivity contribution in [2.75, 3.05) is 20.1 Å². The zero-order chi connectivity index (χ0) is 13.0. The SMILES string of the molecule is CN[C@@H]1CCCN(C(=O)Cc2cccc(F)c2)C1. The maximum absolute atomic E-state index is 13.0. The minimum Gasteiger partial charge on any atom is -0.341 e. The fourth-order valence-corrected chi connectivity index (χ4v) is 2.37. The number of amides is 1. The molecule has 0 bridgehead atoms. The van der Waals surface area contributed by atoms with E-state index < -0.39 is 0 Å². The highest BCUT2D eigenvalue weighted by atomic mass is 19.1. The Kier molecular flexibility index (Phi) is 4.31. The van der Waals surface area contributed by atoms with Gasteiger partial charge in [-0.3, -0.25) is 4.79 Å². The topological polar surface area (TPSA) is 32.3 Å².